The minimum atomic E-state index is -0.592. The molecule has 4 nitrogen and oxygen atoms in total. The Morgan fingerprint density at radius 2 is 2.17 bits per heavy atom. The van der Waals surface area contributed by atoms with Crippen LogP contribution in [0.5, 0.6) is 0 Å². The van der Waals surface area contributed by atoms with Gasteiger partial charge in [-0.2, -0.15) is 0 Å². The highest BCUT2D eigenvalue weighted by Crippen LogP contribution is 2.27. The van der Waals surface area contributed by atoms with Crippen LogP contribution in [-0.2, 0) is 10.5 Å². The van der Waals surface area contributed by atoms with Gasteiger partial charge in [0, 0.05) is 29.3 Å². The van der Waals surface area contributed by atoms with Gasteiger partial charge in [-0.15, -0.1) is 11.8 Å². The SMILES string of the molecule is C[C@H]1COCCN1c1cc(CSc2ccc(F)cc2F)nc(Cl)n1. The van der Waals surface area contributed by atoms with Gasteiger partial charge in [-0.3, -0.25) is 0 Å². The van der Waals surface area contributed by atoms with E-state index in [9.17, 15) is 8.78 Å². The van der Waals surface area contributed by atoms with Crippen LogP contribution in [0.4, 0.5) is 14.6 Å². The summed E-state index contributed by atoms with van der Waals surface area (Å²) < 4.78 is 32.1. The van der Waals surface area contributed by atoms with Crippen LogP contribution in [0.1, 0.15) is 12.6 Å². The fourth-order valence-electron chi connectivity index (χ4n) is 2.48. The smallest absolute Gasteiger partial charge is 0.224 e. The molecule has 8 heteroatoms. The summed E-state index contributed by atoms with van der Waals surface area (Å²) in [5, 5.41) is 0.154. The van der Waals surface area contributed by atoms with Crippen molar-refractivity contribution >= 4 is 29.2 Å². The number of thioether (sulfide) groups is 1. The molecule has 0 spiro atoms. The van der Waals surface area contributed by atoms with Crippen molar-refractivity contribution < 1.29 is 13.5 Å². The van der Waals surface area contributed by atoms with Crippen molar-refractivity contribution in [1.82, 2.24) is 9.97 Å². The fourth-order valence-corrected chi connectivity index (χ4v) is 3.49. The average Bonchev–Trinajstić information content (AvgIpc) is 2.54. The molecule has 128 valence electrons. The third kappa shape index (κ3) is 4.15. The minimum absolute atomic E-state index is 0.154. The van der Waals surface area contributed by atoms with Gasteiger partial charge in [0.1, 0.15) is 17.5 Å². The summed E-state index contributed by atoms with van der Waals surface area (Å²) in [5.74, 6) is -0.0232. The summed E-state index contributed by atoms with van der Waals surface area (Å²) in [4.78, 5) is 11.0. The van der Waals surface area contributed by atoms with E-state index in [2.05, 4.69) is 21.8 Å². The van der Waals surface area contributed by atoms with Gasteiger partial charge in [0.2, 0.25) is 5.28 Å². The van der Waals surface area contributed by atoms with Gasteiger partial charge in [-0.05, 0) is 30.7 Å². The molecule has 0 radical (unpaired) electrons. The van der Waals surface area contributed by atoms with Gasteiger partial charge in [0.05, 0.1) is 24.9 Å². The second-order valence-electron chi connectivity index (χ2n) is 5.47. The molecule has 1 aliphatic heterocycles. The number of benzene rings is 1. The van der Waals surface area contributed by atoms with Gasteiger partial charge in [0.15, 0.2) is 0 Å². The Kier molecular flexibility index (Phi) is 5.53. The molecule has 3 rings (SSSR count). The largest absolute Gasteiger partial charge is 0.377 e. The number of hydrogen-bond acceptors (Lipinski definition) is 5. The predicted molar refractivity (Wildman–Crippen MR) is 90.6 cm³/mol. The topological polar surface area (TPSA) is 38.2 Å². The number of nitrogens with zero attached hydrogens (tertiary/aromatic N) is 3. The van der Waals surface area contributed by atoms with Crippen molar-refractivity contribution in [3.05, 3.63) is 46.9 Å². The number of aromatic nitrogens is 2. The zero-order valence-electron chi connectivity index (χ0n) is 13.0. The Hall–Kier alpha value is -1.44. The minimum Gasteiger partial charge on any atom is -0.377 e. The first-order chi connectivity index (χ1) is 11.5. The Morgan fingerprint density at radius 1 is 1.33 bits per heavy atom. The molecule has 0 saturated carbocycles. The first kappa shape index (κ1) is 17.4. The number of rotatable bonds is 4. The molecule has 2 aromatic rings. The Bertz CT molecular complexity index is 734. The molecule has 1 saturated heterocycles. The van der Waals surface area contributed by atoms with Crippen LogP contribution >= 0.6 is 23.4 Å². The molecule has 0 bridgehead atoms. The first-order valence-electron chi connectivity index (χ1n) is 7.48. The van der Waals surface area contributed by atoms with Crippen LogP contribution in [-0.4, -0.2) is 35.8 Å². The summed E-state index contributed by atoms with van der Waals surface area (Å²) in [6, 6.07) is 5.57. The predicted octanol–water partition coefficient (Wildman–Crippen LogP) is 3.93. The van der Waals surface area contributed by atoms with Gasteiger partial charge in [-0.1, -0.05) is 0 Å². The van der Waals surface area contributed by atoms with Crippen LogP contribution in [0, 0.1) is 11.6 Å². The van der Waals surface area contributed by atoms with Gasteiger partial charge >= 0.3 is 0 Å². The molecule has 0 amide bonds. The Morgan fingerprint density at radius 3 is 2.92 bits per heavy atom. The second-order valence-corrected chi connectivity index (χ2v) is 6.82. The van der Waals surface area contributed by atoms with E-state index >= 15 is 0 Å². The Labute approximate surface area is 148 Å². The third-order valence-corrected chi connectivity index (χ3v) is 4.92. The van der Waals surface area contributed by atoms with Crippen molar-refractivity contribution in [2.45, 2.75) is 23.6 Å². The maximum atomic E-state index is 13.7. The lowest BCUT2D eigenvalue weighted by Gasteiger charge is -2.34. The first-order valence-corrected chi connectivity index (χ1v) is 8.85. The highest BCUT2D eigenvalue weighted by atomic mass is 35.5. The van der Waals surface area contributed by atoms with E-state index in [1.54, 1.807) is 0 Å². The zero-order chi connectivity index (χ0) is 17.1. The number of morpholine rings is 1. The molecule has 1 aromatic heterocycles. The summed E-state index contributed by atoms with van der Waals surface area (Å²) >= 11 is 7.28. The van der Waals surface area contributed by atoms with E-state index in [1.165, 1.54) is 23.9 Å². The quantitative estimate of drug-likeness (QED) is 0.601. The lowest BCUT2D eigenvalue weighted by molar-refractivity contribution is 0.0985. The van der Waals surface area contributed by atoms with Gasteiger partial charge in [0.25, 0.3) is 0 Å². The molecule has 0 unspecified atom stereocenters. The molecule has 1 aliphatic rings. The van der Waals surface area contributed by atoms with Crippen molar-refractivity contribution in [3.63, 3.8) is 0 Å². The molecule has 0 aliphatic carbocycles. The summed E-state index contributed by atoms with van der Waals surface area (Å²) in [6.07, 6.45) is 0. The van der Waals surface area contributed by atoms with E-state index in [-0.39, 0.29) is 11.3 Å². The van der Waals surface area contributed by atoms with Crippen LogP contribution < -0.4 is 4.90 Å². The summed E-state index contributed by atoms with van der Waals surface area (Å²) in [6.45, 7) is 4.05. The lowest BCUT2D eigenvalue weighted by Crippen LogP contribution is -2.44. The van der Waals surface area contributed by atoms with E-state index in [1.807, 2.05) is 6.07 Å². The Balaban J connectivity index is 1.76. The molecule has 0 N–H and O–H groups in total. The molecule has 1 aromatic carbocycles. The van der Waals surface area contributed by atoms with E-state index in [4.69, 9.17) is 16.3 Å². The normalized spacial score (nSPS) is 18.0. The van der Waals surface area contributed by atoms with Crippen LogP contribution in [0.15, 0.2) is 29.2 Å². The zero-order valence-corrected chi connectivity index (χ0v) is 14.6. The highest BCUT2D eigenvalue weighted by Gasteiger charge is 2.21. The van der Waals surface area contributed by atoms with Crippen molar-refractivity contribution in [2.75, 3.05) is 24.7 Å². The monoisotopic (exact) mass is 371 g/mol. The number of hydrogen-bond donors (Lipinski definition) is 0. The standard InChI is InChI=1S/C16H16ClF2N3OS/c1-10-8-23-5-4-22(10)15-7-12(20-16(17)21-15)9-24-14-3-2-11(18)6-13(14)19/h2-3,6-7,10H,4-5,8-9H2,1H3/t10-/m0/s1. The maximum absolute atomic E-state index is 13.7. The molecule has 24 heavy (non-hydrogen) atoms. The molecule has 1 fully saturated rings. The molecule has 2 heterocycles. The maximum Gasteiger partial charge on any atom is 0.224 e. The lowest BCUT2D eigenvalue weighted by atomic mass is 10.2. The molecular formula is C16H16ClF2N3OS. The third-order valence-electron chi connectivity index (χ3n) is 3.67. The van der Waals surface area contributed by atoms with Crippen molar-refractivity contribution in [2.24, 2.45) is 0 Å². The summed E-state index contributed by atoms with van der Waals surface area (Å²) in [5.41, 5.74) is 0.692. The second kappa shape index (κ2) is 7.63. The van der Waals surface area contributed by atoms with E-state index in [0.29, 0.717) is 29.6 Å². The van der Waals surface area contributed by atoms with Crippen LogP contribution in [0.3, 0.4) is 0 Å². The van der Waals surface area contributed by atoms with E-state index in [0.717, 1.165) is 18.4 Å². The average molecular weight is 372 g/mol. The van der Waals surface area contributed by atoms with Gasteiger partial charge in [-0.25, -0.2) is 18.7 Å². The number of halogens is 3. The molecular weight excluding hydrogens is 356 g/mol. The summed E-state index contributed by atoms with van der Waals surface area (Å²) in [7, 11) is 0. The van der Waals surface area contributed by atoms with Crippen molar-refractivity contribution in [1.29, 1.82) is 0 Å². The number of ether oxygens (including phenoxy) is 1. The van der Waals surface area contributed by atoms with Crippen LogP contribution in [0.2, 0.25) is 5.28 Å². The van der Waals surface area contributed by atoms with Gasteiger partial charge < -0.3 is 9.64 Å². The van der Waals surface area contributed by atoms with Crippen LogP contribution in [0.25, 0.3) is 0 Å². The molecule has 1 atom stereocenters. The van der Waals surface area contributed by atoms with Crippen molar-refractivity contribution in [3.8, 4) is 0 Å². The van der Waals surface area contributed by atoms with E-state index < -0.39 is 11.6 Å². The highest BCUT2D eigenvalue weighted by molar-refractivity contribution is 7.98. The fraction of sp³-hybridized carbons (Fsp3) is 0.375. The number of anilines is 1.